The number of benzene rings is 3. The molecule has 0 aliphatic carbocycles. The van der Waals surface area contributed by atoms with E-state index in [2.05, 4.69) is 22.6 Å². The number of halogens is 1. The zero-order valence-electron chi connectivity index (χ0n) is 31.1. The molecule has 0 spiro atoms. The van der Waals surface area contributed by atoms with E-state index < -0.39 is 62.6 Å². The molecule has 2 aliphatic rings. The quantitative estimate of drug-likeness (QED) is 0.148. The summed E-state index contributed by atoms with van der Waals surface area (Å²) in [6.07, 6.45) is -0.754. The van der Waals surface area contributed by atoms with Crippen molar-refractivity contribution in [2.45, 2.75) is 107 Å². The molecule has 286 valence electrons. The van der Waals surface area contributed by atoms with Crippen molar-refractivity contribution in [3.05, 3.63) is 106 Å². The van der Waals surface area contributed by atoms with Crippen LogP contribution in [0.3, 0.4) is 0 Å². The summed E-state index contributed by atoms with van der Waals surface area (Å²) in [5.74, 6) is -1.08. The first-order chi connectivity index (χ1) is 25.3. The van der Waals surface area contributed by atoms with Gasteiger partial charge in [-0.3, -0.25) is 9.59 Å². The van der Waals surface area contributed by atoms with Gasteiger partial charge in [0.25, 0.3) is 0 Å². The molecule has 9 nitrogen and oxygen atoms in total. The Kier molecular flexibility index (Phi) is 14.3. The first kappa shape index (κ1) is 41.1. The van der Waals surface area contributed by atoms with Gasteiger partial charge < -0.3 is 23.7 Å². The van der Waals surface area contributed by atoms with Crippen LogP contribution in [0.4, 0.5) is 0 Å². The highest BCUT2D eigenvalue weighted by Gasteiger charge is 2.47. The summed E-state index contributed by atoms with van der Waals surface area (Å²) in [4.78, 5) is 28.6. The van der Waals surface area contributed by atoms with E-state index in [0.717, 1.165) is 11.1 Å². The van der Waals surface area contributed by atoms with E-state index in [4.69, 9.17) is 23.7 Å². The lowest BCUT2D eigenvalue weighted by molar-refractivity contribution is -0.180. The van der Waals surface area contributed by atoms with E-state index in [1.807, 2.05) is 81.4 Å². The molecule has 5 rings (SSSR count). The van der Waals surface area contributed by atoms with Crippen LogP contribution in [0.2, 0.25) is 0 Å². The molecular formula is C42H51IO9S. The summed E-state index contributed by atoms with van der Waals surface area (Å²) >= 11 is 2.10. The van der Waals surface area contributed by atoms with Gasteiger partial charge in [-0.15, -0.1) is 0 Å². The predicted octanol–water partition coefficient (Wildman–Crippen LogP) is 8.08. The summed E-state index contributed by atoms with van der Waals surface area (Å²) < 4.78 is 61.8. The number of methoxy groups -OCH3 is 1. The molecule has 0 amide bonds. The van der Waals surface area contributed by atoms with Gasteiger partial charge in [0.05, 0.1) is 56.1 Å². The van der Waals surface area contributed by atoms with Crippen LogP contribution in [0.5, 0.6) is 5.75 Å². The number of carbonyl (C=O) groups is 2. The molecule has 0 N–H and O–H groups in total. The molecule has 0 radical (unpaired) electrons. The fraction of sp³-hybridized carbons (Fsp3) is 0.476. The fourth-order valence-electron chi connectivity index (χ4n) is 7.23. The number of sulfone groups is 1. The lowest BCUT2D eigenvalue weighted by Gasteiger charge is -2.43. The van der Waals surface area contributed by atoms with Gasteiger partial charge in [-0.1, -0.05) is 111 Å². The second kappa shape index (κ2) is 18.5. The summed E-state index contributed by atoms with van der Waals surface area (Å²) in [7, 11) is -2.53. The first-order valence-electron chi connectivity index (χ1n) is 18.2. The SMILES string of the molecule is COc1ccc(COC2C[C@@H](C)C(=O)C(S(=O)(=O)c3ccccc3)C[C@@H]3C[C@H](OCc4ccccc4)[C@@H](C)[C@H](CC(=O)O[C@H](/C=C/I)C2(C)C)O3)cc1. The van der Waals surface area contributed by atoms with Gasteiger partial charge in [0.1, 0.15) is 17.1 Å². The number of ketones is 1. The molecule has 0 saturated carbocycles. The molecule has 2 aliphatic heterocycles. The van der Waals surface area contributed by atoms with Crippen molar-refractivity contribution in [3.63, 3.8) is 0 Å². The van der Waals surface area contributed by atoms with Crippen LogP contribution in [0, 0.1) is 17.3 Å². The third-order valence-electron chi connectivity index (χ3n) is 10.7. The number of carbonyl (C=O) groups excluding carboxylic acids is 2. The molecular weight excluding hydrogens is 807 g/mol. The standard InChI is InChI=1S/C42H51IO9S/c1-28-22-39(50-27-31-16-18-32(48-5)19-17-31)42(3,4)38(20-21-43)52-40(44)25-36-29(2)35(49-26-30-12-8-6-9-13-30)23-33(51-36)24-37(41(28)45)53(46,47)34-14-10-7-11-15-34/h6-21,28-29,33,35-39H,22-27H2,1-5H3/b21-20+/t28-,29-,33+,35+,36+,37?,38-,39?/m1/s1. The molecule has 2 fully saturated rings. The number of ether oxygens (including phenoxy) is 5. The highest BCUT2D eigenvalue weighted by molar-refractivity contribution is 14.1. The molecule has 53 heavy (non-hydrogen) atoms. The lowest BCUT2D eigenvalue weighted by atomic mass is 9.76. The van der Waals surface area contributed by atoms with Crippen molar-refractivity contribution < 1.29 is 41.7 Å². The lowest BCUT2D eigenvalue weighted by Crippen LogP contribution is -2.50. The maximum atomic E-state index is 14.7. The number of hydrogen-bond donors (Lipinski definition) is 0. The van der Waals surface area contributed by atoms with Crippen molar-refractivity contribution in [3.8, 4) is 5.75 Å². The van der Waals surface area contributed by atoms with Crippen LogP contribution < -0.4 is 4.74 Å². The smallest absolute Gasteiger partial charge is 0.309 e. The summed E-state index contributed by atoms with van der Waals surface area (Å²) in [6, 6.07) is 25.4. The van der Waals surface area contributed by atoms with E-state index >= 15 is 0 Å². The van der Waals surface area contributed by atoms with Crippen molar-refractivity contribution >= 4 is 44.2 Å². The first-order valence-corrected chi connectivity index (χ1v) is 21.0. The second-order valence-corrected chi connectivity index (χ2v) is 17.6. The highest BCUT2D eigenvalue weighted by Crippen LogP contribution is 2.39. The van der Waals surface area contributed by atoms with Crippen LogP contribution in [-0.4, -0.2) is 63.0 Å². The van der Waals surface area contributed by atoms with Gasteiger partial charge in [-0.25, -0.2) is 8.42 Å². The number of hydrogen-bond acceptors (Lipinski definition) is 9. The monoisotopic (exact) mass is 858 g/mol. The Balaban J connectivity index is 1.53. The molecule has 2 heterocycles. The molecule has 11 heteroatoms. The molecule has 2 saturated heterocycles. The number of Topliss-reactive ketones (excluding diaryl/α,β-unsaturated/α-hetero) is 1. The second-order valence-electron chi connectivity index (χ2n) is 14.8. The zero-order valence-corrected chi connectivity index (χ0v) is 34.0. The van der Waals surface area contributed by atoms with Gasteiger partial charge in [-0.05, 0) is 58.4 Å². The Hall–Kier alpha value is -3.10. The van der Waals surface area contributed by atoms with Gasteiger partial charge in [0, 0.05) is 23.7 Å². The summed E-state index contributed by atoms with van der Waals surface area (Å²) in [5, 5.41) is -1.39. The van der Waals surface area contributed by atoms with Gasteiger partial charge in [0.15, 0.2) is 15.6 Å². The topological polar surface area (TPSA) is 114 Å². The van der Waals surface area contributed by atoms with Crippen LogP contribution in [0.1, 0.15) is 64.5 Å². The maximum Gasteiger partial charge on any atom is 0.309 e. The van der Waals surface area contributed by atoms with Crippen LogP contribution in [0.25, 0.3) is 0 Å². The average Bonchev–Trinajstić information content (AvgIpc) is 3.16. The molecule has 8 atom stereocenters. The third-order valence-corrected chi connectivity index (χ3v) is 13.2. The van der Waals surface area contributed by atoms with Crippen molar-refractivity contribution in [1.29, 1.82) is 0 Å². The molecule has 2 unspecified atom stereocenters. The largest absolute Gasteiger partial charge is 0.497 e. The van der Waals surface area contributed by atoms with Crippen molar-refractivity contribution in [2.75, 3.05) is 7.11 Å². The third kappa shape index (κ3) is 10.4. The van der Waals surface area contributed by atoms with E-state index in [9.17, 15) is 18.0 Å². The van der Waals surface area contributed by atoms with Gasteiger partial charge in [-0.2, -0.15) is 0 Å². The normalized spacial score (nSPS) is 28.6. The summed E-state index contributed by atoms with van der Waals surface area (Å²) in [5.41, 5.74) is 1.05. The van der Waals surface area contributed by atoms with E-state index in [0.29, 0.717) is 18.8 Å². The minimum Gasteiger partial charge on any atom is -0.497 e. The zero-order chi connectivity index (χ0) is 38.2. The van der Waals surface area contributed by atoms with E-state index in [1.54, 1.807) is 36.3 Å². The Morgan fingerprint density at radius 2 is 1.47 bits per heavy atom. The average molecular weight is 859 g/mol. The number of cyclic esters (lactones) is 1. The van der Waals surface area contributed by atoms with Crippen LogP contribution >= 0.6 is 22.6 Å². The molecule has 3 aromatic carbocycles. The Labute approximate surface area is 327 Å². The van der Waals surface area contributed by atoms with Crippen molar-refractivity contribution in [2.24, 2.45) is 17.3 Å². The highest BCUT2D eigenvalue weighted by atomic mass is 127. The Morgan fingerprint density at radius 3 is 2.11 bits per heavy atom. The summed E-state index contributed by atoms with van der Waals surface area (Å²) in [6.45, 7) is 8.20. The molecule has 2 bridgehead atoms. The number of fused-ring (bicyclic) bond motifs is 2. The fourth-order valence-corrected chi connectivity index (χ4v) is 9.48. The predicted molar refractivity (Wildman–Crippen MR) is 211 cm³/mol. The van der Waals surface area contributed by atoms with Gasteiger partial charge >= 0.3 is 5.97 Å². The van der Waals surface area contributed by atoms with Crippen LogP contribution in [-0.2, 0) is 51.6 Å². The van der Waals surface area contributed by atoms with E-state index in [-0.39, 0.29) is 42.8 Å². The Bertz CT molecular complexity index is 1780. The van der Waals surface area contributed by atoms with E-state index in [1.165, 1.54) is 12.1 Å². The van der Waals surface area contributed by atoms with Gasteiger partial charge in [0.2, 0.25) is 0 Å². The van der Waals surface area contributed by atoms with Crippen molar-refractivity contribution in [1.82, 2.24) is 0 Å². The van der Waals surface area contributed by atoms with Crippen LogP contribution in [0.15, 0.2) is 100.0 Å². The minimum absolute atomic E-state index is 0.0671. The molecule has 0 aromatic heterocycles. The number of esters is 1. The maximum absolute atomic E-state index is 14.7. The minimum atomic E-state index is -4.14. The molecule has 3 aromatic rings. The number of rotatable bonds is 10. The Morgan fingerprint density at radius 1 is 0.849 bits per heavy atom.